The highest BCUT2D eigenvalue weighted by Crippen LogP contribution is 2.23. The van der Waals surface area contributed by atoms with Gasteiger partial charge in [-0.25, -0.2) is 0 Å². The molecule has 0 aliphatic carbocycles. The van der Waals surface area contributed by atoms with E-state index in [9.17, 15) is 14.0 Å². The van der Waals surface area contributed by atoms with Gasteiger partial charge >= 0.3 is 0 Å². The van der Waals surface area contributed by atoms with Crippen LogP contribution in [0.5, 0.6) is 0 Å². The molecule has 7 nitrogen and oxygen atoms in total. The first-order valence-corrected chi connectivity index (χ1v) is 10.3. The van der Waals surface area contributed by atoms with Crippen LogP contribution in [0.25, 0.3) is 0 Å². The Labute approximate surface area is 186 Å². The fourth-order valence-corrected chi connectivity index (χ4v) is 3.42. The SMILES string of the molecule is CNc1cccc(C#N)c1.O=Cc1cnn2c1C(=O)N(c1ccc(CCCF)cc1)CC2. The van der Waals surface area contributed by atoms with Crippen molar-refractivity contribution in [1.82, 2.24) is 9.78 Å². The highest BCUT2D eigenvalue weighted by molar-refractivity contribution is 6.09. The number of carbonyl (C=O) groups is 2. The molecule has 164 valence electrons. The van der Waals surface area contributed by atoms with E-state index in [1.54, 1.807) is 21.7 Å². The van der Waals surface area contributed by atoms with E-state index in [2.05, 4.69) is 16.5 Å². The zero-order chi connectivity index (χ0) is 22.9. The Kier molecular flexibility index (Phi) is 7.70. The Morgan fingerprint density at radius 3 is 2.66 bits per heavy atom. The number of aryl methyl sites for hydroxylation is 1. The number of nitrogens with one attached hydrogen (secondary N) is 1. The second-order valence-electron chi connectivity index (χ2n) is 7.15. The predicted octanol–water partition coefficient (Wildman–Crippen LogP) is 3.86. The number of aldehydes is 1. The van der Waals surface area contributed by atoms with Crippen LogP contribution in [0.15, 0.2) is 54.7 Å². The topological polar surface area (TPSA) is 91.0 Å². The number of anilines is 2. The number of nitriles is 1. The molecule has 1 N–H and O–H groups in total. The van der Waals surface area contributed by atoms with Gasteiger partial charge in [0.05, 0.1) is 36.6 Å². The lowest BCUT2D eigenvalue weighted by Gasteiger charge is -2.28. The Morgan fingerprint density at radius 2 is 2.00 bits per heavy atom. The minimum atomic E-state index is -0.329. The lowest BCUT2D eigenvalue weighted by molar-refractivity contribution is 0.0956. The normalized spacial score (nSPS) is 12.3. The molecule has 1 aliphatic heterocycles. The molecule has 1 aliphatic rings. The molecule has 32 heavy (non-hydrogen) atoms. The van der Waals surface area contributed by atoms with E-state index in [0.717, 1.165) is 16.9 Å². The Balaban J connectivity index is 0.000000243. The molecule has 1 aromatic heterocycles. The van der Waals surface area contributed by atoms with E-state index in [-0.39, 0.29) is 12.6 Å². The maximum Gasteiger partial charge on any atom is 0.277 e. The van der Waals surface area contributed by atoms with Crippen molar-refractivity contribution in [2.75, 3.05) is 30.5 Å². The predicted molar refractivity (Wildman–Crippen MR) is 121 cm³/mol. The number of nitrogens with zero attached hydrogens (tertiary/aromatic N) is 4. The zero-order valence-electron chi connectivity index (χ0n) is 17.8. The van der Waals surface area contributed by atoms with E-state index in [4.69, 9.17) is 5.26 Å². The van der Waals surface area contributed by atoms with Gasteiger partial charge in [0.2, 0.25) is 0 Å². The van der Waals surface area contributed by atoms with E-state index in [1.165, 1.54) is 6.20 Å². The number of carbonyl (C=O) groups excluding carboxylic acids is 2. The standard InChI is InChI=1S/C16H16FN3O2.C8H8N2/c17-7-1-2-12-3-5-14(6-4-12)19-8-9-20-15(16(19)22)13(11-21)10-18-20;1-10-8-4-2-3-7(5-8)6-9/h3-6,10-11H,1-2,7-9H2;2-5,10H,1H3. The van der Waals surface area contributed by atoms with Crippen LogP contribution in [0, 0.1) is 11.3 Å². The highest BCUT2D eigenvalue weighted by atomic mass is 19.1. The molecular formula is C24H24FN5O2. The van der Waals surface area contributed by atoms with Gasteiger partial charge in [0.1, 0.15) is 5.69 Å². The second-order valence-corrected chi connectivity index (χ2v) is 7.15. The molecular weight excluding hydrogens is 409 g/mol. The van der Waals surface area contributed by atoms with Crippen molar-refractivity contribution in [3.05, 3.63) is 77.1 Å². The van der Waals surface area contributed by atoms with Gasteiger partial charge in [-0.2, -0.15) is 10.4 Å². The van der Waals surface area contributed by atoms with Crippen LogP contribution in [0.3, 0.4) is 0 Å². The van der Waals surface area contributed by atoms with Gasteiger partial charge in [-0.3, -0.25) is 18.7 Å². The van der Waals surface area contributed by atoms with E-state index < -0.39 is 0 Å². The summed E-state index contributed by atoms with van der Waals surface area (Å²) in [6.07, 6.45) is 3.26. The summed E-state index contributed by atoms with van der Waals surface area (Å²) in [4.78, 5) is 25.2. The maximum absolute atomic E-state index is 12.6. The molecule has 0 spiro atoms. The van der Waals surface area contributed by atoms with Crippen molar-refractivity contribution in [2.24, 2.45) is 0 Å². The third-order valence-corrected chi connectivity index (χ3v) is 5.11. The highest BCUT2D eigenvalue weighted by Gasteiger charge is 2.29. The summed E-state index contributed by atoms with van der Waals surface area (Å²) >= 11 is 0. The second kappa shape index (κ2) is 10.9. The number of amides is 1. The van der Waals surface area contributed by atoms with E-state index in [0.29, 0.717) is 49.0 Å². The molecule has 1 amide bonds. The van der Waals surface area contributed by atoms with Gasteiger partial charge in [0.25, 0.3) is 5.91 Å². The van der Waals surface area contributed by atoms with Gasteiger partial charge in [-0.1, -0.05) is 18.2 Å². The number of alkyl halides is 1. The average molecular weight is 433 g/mol. The lowest BCUT2D eigenvalue weighted by Crippen LogP contribution is -2.41. The number of aromatic nitrogens is 2. The maximum atomic E-state index is 12.6. The Bertz CT molecular complexity index is 1120. The molecule has 3 aromatic rings. The summed E-state index contributed by atoms with van der Waals surface area (Å²) in [5, 5.41) is 15.5. The summed E-state index contributed by atoms with van der Waals surface area (Å²) in [5.41, 5.74) is 4.13. The van der Waals surface area contributed by atoms with Gasteiger partial charge in [0, 0.05) is 25.0 Å². The first kappa shape index (κ1) is 22.7. The summed E-state index contributed by atoms with van der Waals surface area (Å²) in [7, 11) is 1.83. The first-order chi connectivity index (χ1) is 15.6. The molecule has 4 rings (SSSR count). The molecule has 8 heteroatoms. The molecule has 0 unspecified atom stereocenters. The third-order valence-electron chi connectivity index (χ3n) is 5.11. The number of benzene rings is 2. The lowest BCUT2D eigenvalue weighted by atomic mass is 10.1. The van der Waals surface area contributed by atoms with Gasteiger partial charge in [-0.15, -0.1) is 0 Å². The van der Waals surface area contributed by atoms with Crippen LogP contribution in [-0.2, 0) is 13.0 Å². The summed E-state index contributed by atoms with van der Waals surface area (Å²) in [6, 6.07) is 16.9. The first-order valence-electron chi connectivity index (χ1n) is 10.3. The molecule has 2 heterocycles. The van der Waals surface area contributed by atoms with E-state index >= 15 is 0 Å². The van der Waals surface area contributed by atoms with Crippen LogP contribution in [0.4, 0.5) is 15.8 Å². The van der Waals surface area contributed by atoms with Gasteiger partial charge in [-0.05, 0) is 48.7 Å². The number of rotatable bonds is 6. The largest absolute Gasteiger partial charge is 0.388 e. The molecule has 0 saturated heterocycles. The Hall–Kier alpha value is -3.99. The van der Waals surface area contributed by atoms with Gasteiger partial charge in [0.15, 0.2) is 6.29 Å². The van der Waals surface area contributed by atoms with Crippen molar-refractivity contribution in [3.63, 3.8) is 0 Å². The van der Waals surface area contributed by atoms with Crippen LogP contribution < -0.4 is 10.2 Å². The number of hydrogen-bond acceptors (Lipinski definition) is 5. The summed E-state index contributed by atoms with van der Waals surface area (Å²) in [5.74, 6) is -0.220. The minimum absolute atomic E-state index is 0.220. The Morgan fingerprint density at radius 1 is 1.22 bits per heavy atom. The van der Waals surface area contributed by atoms with Crippen molar-refractivity contribution < 1.29 is 14.0 Å². The zero-order valence-corrected chi connectivity index (χ0v) is 17.8. The van der Waals surface area contributed by atoms with Crippen LogP contribution in [0.1, 0.15) is 38.4 Å². The van der Waals surface area contributed by atoms with Crippen molar-refractivity contribution in [2.45, 2.75) is 19.4 Å². The van der Waals surface area contributed by atoms with Crippen molar-refractivity contribution >= 4 is 23.6 Å². The fourth-order valence-electron chi connectivity index (χ4n) is 3.42. The molecule has 0 bridgehead atoms. The molecule has 2 aromatic carbocycles. The minimum Gasteiger partial charge on any atom is -0.388 e. The number of hydrogen-bond donors (Lipinski definition) is 1. The average Bonchev–Trinajstić information content (AvgIpc) is 3.28. The number of halogens is 1. The fraction of sp³-hybridized carbons (Fsp3) is 0.250. The van der Waals surface area contributed by atoms with Crippen LogP contribution in [-0.4, -0.2) is 42.2 Å². The van der Waals surface area contributed by atoms with Crippen LogP contribution in [0.2, 0.25) is 0 Å². The smallest absolute Gasteiger partial charge is 0.277 e. The number of fused-ring (bicyclic) bond motifs is 1. The third kappa shape index (κ3) is 5.19. The van der Waals surface area contributed by atoms with Gasteiger partial charge < -0.3 is 10.2 Å². The van der Waals surface area contributed by atoms with Crippen LogP contribution >= 0.6 is 0 Å². The molecule has 0 fully saturated rings. The quantitative estimate of drug-likeness (QED) is 0.596. The van der Waals surface area contributed by atoms with Crippen molar-refractivity contribution in [1.29, 1.82) is 5.26 Å². The van der Waals surface area contributed by atoms with Crippen molar-refractivity contribution in [3.8, 4) is 6.07 Å². The monoisotopic (exact) mass is 433 g/mol. The molecule has 0 radical (unpaired) electrons. The van der Waals surface area contributed by atoms with E-state index in [1.807, 2.05) is 43.4 Å². The summed E-state index contributed by atoms with van der Waals surface area (Å²) < 4.78 is 13.8. The summed E-state index contributed by atoms with van der Waals surface area (Å²) in [6.45, 7) is 0.735. The molecule has 0 atom stereocenters. The molecule has 0 saturated carbocycles.